The predicted molar refractivity (Wildman–Crippen MR) is 36.7 cm³/mol. The summed E-state index contributed by atoms with van der Waals surface area (Å²) in [6.45, 7) is 1.52. The Morgan fingerprint density at radius 2 is 2.55 bits per heavy atom. The smallest absolute Gasteiger partial charge is 0.303 e. The molecule has 1 aliphatic rings. The average molecular weight is 158 g/mol. The highest BCUT2D eigenvalue weighted by molar-refractivity contribution is 5.66. The zero-order valence-corrected chi connectivity index (χ0v) is 6.19. The fraction of sp³-hybridized carbons (Fsp3) is 0.571. The van der Waals surface area contributed by atoms with Crippen LogP contribution in [0, 0.1) is 0 Å². The molecule has 0 aliphatic carbocycles. The standard InChI is InChI=1S/C7H10O4/c1-5(8)11-7-4-10-3-2-6(7)9/h2-3,6-7,9H,4H2,1H3/t6-,7-/m1/s1. The molecule has 1 N–H and O–H groups in total. The number of ether oxygens (including phenoxy) is 2. The number of aliphatic hydroxyl groups excluding tert-OH is 1. The van der Waals surface area contributed by atoms with Crippen LogP contribution in [-0.4, -0.2) is 29.9 Å². The van der Waals surface area contributed by atoms with E-state index < -0.39 is 18.2 Å². The quantitative estimate of drug-likeness (QED) is 0.538. The summed E-state index contributed by atoms with van der Waals surface area (Å²) >= 11 is 0. The van der Waals surface area contributed by atoms with Crippen molar-refractivity contribution < 1.29 is 19.4 Å². The molecule has 4 heteroatoms. The average Bonchev–Trinajstić information content (AvgIpc) is 1.93. The van der Waals surface area contributed by atoms with Gasteiger partial charge in [-0.1, -0.05) is 0 Å². The number of carbonyl (C=O) groups excluding carboxylic acids is 1. The highest BCUT2D eigenvalue weighted by atomic mass is 16.6. The Bertz CT molecular complexity index is 175. The van der Waals surface area contributed by atoms with Crippen molar-refractivity contribution in [3.8, 4) is 0 Å². The van der Waals surface area contributed by atoms with Crippen LogP contribution in [-0.2, 0) is 14.3 Å². The van der Waals surface area contributed by atoms with Crippen LogP contribution in [0.4, 0.5) is 0 Å². The van der Waals surface area contributed by atoms with Crippen LogP contribution >= 0.6 is 0 Å². The molecule has 0 radical (unpaired) electrons. The van der Waals surface area contributed by atoms with Gasteiger partial charge < -0.3 is 14.6 Å². The van der Waals surface area contributed by atoms with Crippen molar-refractivity contribution in [2.75, 3.05) is 6.61 Å². The Balaban J connectivity index is 2.45. The highest BCUT2D eigenvalue weighted by Gasteiger charge is 2.22. The Morgan fingerprint density at radius 1 is 1.82 bits per heavy atom. The first-order valence-electron chi connectivity index (χ1n) is 3.33. The largest absolute Gasteiger partial charge is 0.497 e. The summed E-state index contributed by atoms with van der Waals surface area (Å²) < 4.78 is 9.57. The normalized spacial score (nSPS) is 29.3. The van der Waals surface area contributed by atoms with Gasteiger partial charge in [-0.3, -0.25) is 4.79 Å². The van der Waals surface area contributed by atoms with E-state index in [1.54, 1.807) is 0 Å². The van der Waals surface area contributed by atoms with Gasteiger partial charge in [0.05, 0.1) is 6.26 Å². The SMILES string of the molecule is CC(=O)O[C@@H]1COC=C[C@H]1O. The summed E-state index contributed by atoms with van der Waals surface area (Å²) in [5.74, 6) is -0.409. The lowest BCUT2D eigenvalue weighted by atomic mass is 10.2. The summed E-state index contributed by atoms with van der Waals surface area (Å²) in [4.78, 5) is 10.4. The van der Waals surface area contributed by atoms with Crippen molar-refractivity contribution in [1.29, 1.82) is 0 Å². The fourth-order valence-corrected chi connectivity index (χ4v) is 0.826. The minimum atomic E-state index is -0.743. The topological polar surface area (TPSA) is 55.8 Å². The lowest BCUT2D eigenvalue weighted by molar-refractivity contribution is -0.154. The third-order valence-corrected chi connectivity index (χ3v) is 1.33. The van der Waals surface area contributed by atoms with E-state index in [4.69, 9.17) is 9.47 Å². The first-order chi connectivity index (χ1) is 5.20. The molecule has 0 aromatic heterocycles. The first kappa shape index (κ1) is 8.07. The van der Waals surface area contributed by atoms with E-state index in [0.29, 0.717) is 0 Å². The van der Waals surface area contributed by atoms with E-state index in [0.717, 1.165) is 0 Å². The molecule has 1 aliphatic heterocycles. The molecule has 2 atom stereocenters. The second kappa shape index (κ2) is 3.39. The van der Waals surface area contributed by atoms with Crippen LogP contribution in [0.2, 0.25) is 0 Å². The lowest BCUT2D eigenvalue weighted by Crippen LogP contribution is -2.35. The highest BCUT2D eigenvalue weighted by Crippen LogP contribution is 2.07. The van der Waals surface area contributed by atoms with Crippen molar-refractivity contribution in [2.24, 2.45) is 0 Å². The molecule has 4 nitrogen and oxygen atoms in total. The van der Waals surface area contributed by atoms with Crippen molar-refractivity contribution >= 4 is 5.97 Å². The van der Waals surface area contributed by atoms with Crippen molar-refractivity contribution in [1.82, 2.24) is 0 Å². The van der Waals surface area contributed by atoms with Crippen LogP contribution in [0.25, 0.3) is 0 Å². The minimum absolute atomic E-state index is 0.219. The zero-order chi connectivity index (χ0) is 8.27. The molecule has 0 aromatic carbocycles. The van der Waals surface area contributed by atoms with Gasteiger partial charge in [0.1, 0.15) is 12.7 Å². The van der Waals surface area contributed by atoms with E-state index in [-0.39, 0.29) is 6.61 Å². The van der Waals surface area contributed by atoms with Crippen LogP contribution in [0.5, 0.6) is 0 Å². The van der Waals surface area contributed by atoms with Crippen LogP contribution in [0.3, 0.4) is 0 Å². The van der Waals surface area contributed by atoms with E-state index >= 15 is 0 Å². The Morgan fingerprint density at radius 3 is 3.09 bits per heavy atom. The van der Waals surface area contributed by atoms with Gasteiger partial charge in [-0.2, -0.15) is 0 Å². The van der Waals surface area contributed by atoms with Gasteiger partial charge in [-0.25, -0.2) is 0 Å². The Hall–Kier alpha value is -1.03. The molecule has 0 amide bonds. The van der Waals surface area contributed by atoms with Crippen molar-refractivity contribution in [3.05, 3.63) is 12.3 Å². The molecule has 0 aromatic rings. The molecule has 0 fully saturated rings. The molecule has 1 heterocycles. The van der Waals surface area contributed by atoms with Crippen molar-refractivity contribution in [3.63, 3.8) is 0 Å². The molecular formula is C7H10O4. The molecular weight excluding hydrogens is 148 g/mol. The first-order valence-corrected chi connectivity index (χ1v) is 3.33. The van der Waals surface area contributed by atoms with Gasteiger partial charge in [0.25, 0.3) is 0 Å². The summed E-state index contributed by atoms with van der Waals surface area (Å²) in [7, 11) is 0. The molecule has 0 unspecified atom stereocenters. The van der Waals surface area contributed by atoms with E-state index in [2.05, 4.69) is 0 Å². The number of hydrogen-bond acceptors (Lipinski definition) is 4. The van der Waals surface area contributed by atoms with Crippen LogP contribution < -0.4 is 0 Å². The molecule has 0 spiro atoms. The number of carbonyl (C=O) groups is 1. The summed E-state index contributed by atoms with van der Waals surface area (Å²) in [5.41, 5.74) is 0. The molecule has 0 bridgehead atoms. The van der Waals surface area contributed by atoms with Gasteiger partial charge in [-0.15, -0.1) is 0 Å². The fourth-order valence-electron chi connectivity index (χ4n) is 0.826. The Labute approximate surface area is 64.4 Å². The van der Waals surface area contributed by atoms with E-state index in [1.807, 2.05) is 0 Å². The Kier molecular flexibility index (Phi) is 2.48. The second-order valence-corrected chi connectivity index (χ2v) is 2.30. The molecule has 0 saturated carbocycles. The summed E-state index contributed by atoms with van der Waals surface area (Å²) in [6.07, 6.45) is 1.53. The summed E-state index contributed by atoms with van der Waals surface area (Å²) in [5, 5.41) is 9.17. The number of hydrogen-bond donors (Lipinski definition) is 1. The van der Waals surface area contributed by atoms with Crippen LogP contribution in [0.1, 0.15) is 6.92 Å². The third kappa shape index (κ3) is 2.23. The predicted octanol–water partition coefficient (Wildman–Crippen LogP) is -0.177. The van der Waals surface area contributed by atoms with Gasteiger partial charge >= 0.3 is 5.97 Å². The lowest BCUT2D eigenvalue weighted by Gasteiger charge is -2.22. The second-order valence-electron chi connectivity index (χ2n) is 2.30. The minimum Gasteiger partial charge on any atom is -0.497 e. The number of esters is 1. The maximum absolute atomic E-state index is 10.4. The van der Waals surface area contributed by atoms with Gasteiger partial charge in [0.2, 0.25) is 0 Å². The molecule has 0 saturated heterocycles. The maximum atomic E-state index is 10.4. The van der Waals surface area contributed by atoms with Crippen molar-refractivity contribution in [2.45, 2.75) is 19.1 Å². The van der Waals surface area contributed by atoms with Gasteiger partial charge in [0, 0.05) is 6.92 Å². The molecule has 1 rings (SSSR count). The van der Waals surface area contributed by atoms with Gasteiger partial charge in [-0.05, 0) is 6.08 Å². The number of aliphatic hydroxyl groups is 1. The zero-order valence-electron chi connectivity index (χ0n) is 6.19. The van der Waals surface area contributed by atoms with E-state index in [1.165, 1.54) is 19.3 Å². The maximum Gasteiger partial charge on any atom is 0.303 e. The molecule has 62 valence electrons. The third-order valence-electron chi connectivity index (χ3n) is 1.33. The monoisotopic (exact) mass is 158 g/mol. The van der Waals surface area contributed by atoms with E-state index in [9.17, 15) is 9.90 Å². The molecule has 11 heavy (non-hydrogen) atoms. The number of rotatable bonds is 1. The summed E-state index contributed by atoms with van der Waals surface area (Å²) in [6, 6.07) is 0. The van der Waals surface area contributed by atoms with Gasteiger partial charge in [0.15, 0.2) is 6.10 Å². The van der Waals surface area contributed by atoms with Crippen LogP contribution in [0.15, 0.2) is 12.3 Å².